The Kier molecular flexibility index (Phi) is 4.51. The number of rotatable bonds is 5. The van der Waals surface area contributed by atoms with E-state index in [0.29, 0.717) is 18.0 Å². The second-order valence-electron chi connectivity index (χ2n) is 7.05. The van der Waals surface area contributed by atoms with Gasteiger partial charge in [0.2, 0.25) is 0 Å². The molecule has 136 valence electrons. The number of benzene rings is 1. The quantitative estimate of drug-likeness (QED) is 0.741. The zero-order valence-electron chi connectivity index (χ0n) is 14.9. The molecule has 4 rings (SSSR count). The number of aromatic nitrogens is 3. The minimum atomic E-state index is -0.515. The normalized spacial score (nSPS) is 22.8. The van der Waals surface area contributed by atoms with Gasteiger partial charge in [-0.05, 0) is 43.9 Å². The van der Waals surface area contributed by atoms with Crippen molar-refractivity contribution < 1.29 is 9.90 Å². The van der Waals surface area contributed by atoms with E-state index in [9.17, 15) is 9.90 Å². The van der Waals surface area contributed by atoms with Crippen molar-refractivity contribution in [3.8, 4) is 0 Å². The number of aliphatic hydroxyl groups is 1. The monoisotopic (exact) mass is 352 g/mol. The number of amides is 1. The highest BCUT2D eigenvalue weighted by atomic mass is 16.3. The van der Waals surface area contributed by atoms with Crippen LogP contribution in [0.4, 0.5) is 0 Å². The first-order valence-corrected chi connectivity index (χ1v) is 9.20. The van der Waals surface area contributed by atoms with Crippen molar-refractivity contribution in [3.63, 3.8) is 0 Å². The Morgan fingerprint density at radius 1 is 1.31 bits per heavy atom. The van der Waals surface area contributed by atoms with Crippen LogP contribution in [0, 0.1) is 5.92 Å². The third kappa shape index (κ3) is 3.12. The van der Waals surface area contributed by atoms with Gasteiger partial charge in [-0.3, -0.25) is 9.48 Å². The standard InChI is InChI=1S/C20H24N4O2/c1-2-24-17-7-4-3-6-15(17)12-18(24)20(26)22-16-10-14(11-19(16)25)13-23-9-5-8-21-23/h3-9,12,14,16,19,25H,2,10-11,13H2,1H3,(H,22,26)/t14?,16-,19-/m1/s1. The van der Waals surface area contributed by atoms with Gasteiger partial charge in [-0.25, -0.2) is 0 Å². The number of aliphatic hydroxyl groups excluding tert-OH is 1. The molecule has 0 spiro atoms. The van der Waals surface area contributed by atoms with Crippen LogP contribution in [0.2, 0.25) is 0 Å². The van der Waals surface area contributed by atoms with Gasteiger partial charge in [-0.1, -0.05) is 18.2 Å². The Morgan fingerprint density at radius 3 is 2.92 bits per heavy atom. The third-order valence-corrected chi connectivity index (χ3v) is 5.31. The lowest BCUT2D eigenvalue weighted by Crippen LogP contribution is -2.40. The molecule has 1 amide bonds. The molecular weight excluding hydrogens is 328 g/mol. The van der Waals surface area contributed by atoms with Crippen molar-refractivity contribution in [1.29, 1.82) is 0 Å². The summed E-state index contributed by atoms with van der Waals surface area (Å²) in [4.78, 5) is 12.9. The van der Waals surface area contributed by atoms with Gasteiger partial charge >= 0.3 is 0 Å². The predicted molar refractivity (Wildman–Crippen MR) is 99.8 cm³/mol. The molecule has 0 aliphatic heterocycles. The average Bonchev–Trinajstić information content (AvgIpc) is 3.34. The summed E-state index contributed by atoms with van der Waals surface area (Å²) >= 11 is 0. The number of para-hydroxylation sites is 1. The van der Waals surface area contributed by atoms with Crippen LogP contribution in [-0.2, 0) is 13.1 Å². The van der Waals surface area contributed by atoms with Crippen molar-refractivity contribution in [3.05, 3.63) is 54.5 Å². The minimum absolute atomic E-state index is 0.119. The van der Waals surface area contributed by atoms with Gasteiger partial charge < -0.3 is 15.0 Å². The first-order chi connectivity index (χ1) is 12.7. The van der Waals surface area contributed by atoms with E-state index in [-0.39, 0.29) is 11.9 Å². The molecule has 0 saturated heterocycles. The fourth-order valence-electron chi connectivity index (χ4n) is 4.08. The van der Waals surface area contributed by atoms with Crippen LogP contribution in [0.25, 0.3) is 10.9 Å². The van der Waals surface area contributed by atoms with Crippen LogP contribution >= 0.6 is 0 Å². The van der Waals surface area contributed by atoms with E-state index in [1.54, 1.807) is 6.20 Å². The first kappa shape index (κ1) is 16.8. The summed E-state index contributed by atoms with van der Waals surface area (Å²) in [6.45, 7) is 3.53. The largest absolute Gasteiger partial charge is 0.391 e. The van der Waals surface area contributed by atoms with Crippen molar-refractivity contribution in [2.24, 2.45) is 5.92 Å². The molecule has 3 aromatic rings. The smallest absolute Gasteiger partial charge is 0.268 e. The number of nitrogens with zero attached hydrogens (tertiary/aromatic N) is 3. The number of fused-ring (bicyclic) bond motifs is 1. The maximum absolute atomic E-state index is 12.9. The minimum Gasteiger partial charge on any atom is -0.391 e. The predicted octanol–water partition coefficient (Wildman–Crippen LogP) is 2.43. The molecular formula is C20H24N4O2. The number of hydrogen-bond donors (Lipinski definition) is 2. The molecule has 0 bridgehead atoms. The van der Waals surface area contributed by atoms with Crippen LogP contribution in [0.1, 0.15) is 30.3 Å². The second kappa shape index (κ2) is 6.96. The lowest BCUT2D eigenvalue weighted by molar-refractivity contribution is 0.0864. The van der Waals surface area contributed by atoms with Crippen LogP contribution in [-0.4, -0.2) is 37.5 Å². The summed E-state index contributed by atoms with van der Waals surface area (Å²) in [5.41, 5.74) is 1.71. The molecule has 2 N–H and O–H groups in total. The molecule has 1 fully saturated rings. The Bertz CT molecular complexity index is 900. The highest BCUT2D eigenvalue weighted by Gasteiger charge is 2.34. The van der Waals surface area contributed by atoms with Crippen LogP contribution < -0.4 is 5.32 Å². The van der Waals surface area contributed by atoms with E-state index in [2.05, 4.69) is 10.4 Å². The van der Waals surface area contributed by atoms with Crippen LogP contribution in [0.15, 0.2) is 48.8 Å². The fraction of sp³-hybridized carbons (Fsp3) is 0.400. The van der Waals surface area contributed by atoms with E-state index in [1.165, 1.54) is 0 Å². The maximum atomic E-state index is 12.9. The molecule has 6 heteroatoms. The third-order valence-electron chi connectivity index (χ3n) is 5.31. The highest BCUT2D eigenvalue weighted by molar-refractivity contribution is 5.99. The van der Waals surface area contributed by atoms with E-state index in [4.69, 9.17) is 0 Å². The summed E-state index contributed by atoms with van der Waals surface area (Å²) in [5.74, 6) is 0.194. The average molecular weight is 352 g/mol. The Labute approximate surface area is 152 Å². The van der Waals surface area contributed by atoms with E-state index in [1.807, 2.05) is 58.8 Å². The number of aryl methyl sites for hydroxylation is 1. The SMILES string of the molecule is CCn1c(C(=O)N[C@@H]2CC(Cn3cccn3)C[C@H]2O)cc2ccccc21. The lowest BCUT2D eigenvalue weighted by Gasteiger charge is -2.17. The second-order valence-corrected chi connectivity index (χ2v) is 7.05. The summed E-state index contributed by atoms with van der Waals surface area (Å²) in [6, 6.07) is 11.6. The number of hydrogen-bond acceptors (Lipinski definition) is 3. The van der Waals surface area contributed by atoms with Crippen LogP contribution in [0.3, 0.4) is 0 Å². The van der Waals surface area contributed by atoms with Gasteiger partial charge in [0.25, 0.3) is 5.91 Å². The molecule has 2 aromatic heterocycles. The highest BCUT2D eigenvalue weighted by Crippen LogP contribution is 2.28. The first-order valence-electron chi connectivity index (χ1n) is 9.20. The van der Waals surface area contributed by atoms with Gasteiger partial charge in [0.15, 0.2) is 0 Å². The van der Waals surface area contributed by atoms with Gasteiger partial charge in [0, 0.05) is 36.4 Å². The molecule has 2 heterocycles. The fourth-order valence-corrected chi connectivity index (χ4v) is 4.08. The number of carbonyl (C=O) groups excluding carboxylic acids is 1. The van der Waals surface area contributed by atoms with Crippen LogP contribution in [0.5, 0.6) is 0 Å². The number of carbonyl (C=O) groups is 1. The van der Waals surface area contributed by atoms with Gasteiger partial charge in [-0.2, -0.15) is 5.10 Å². The Hall–Kier alpha value is -2.60. The summed E-state index contributed by atoms with van der Waals surface area (Å²) < 4.78 is 3.91. The van der Waals surface area contributed by atoms with Gasteiger partial charge in [-0.15, -0.1) is 0 Å². The zero-order valence-corrected chi connectivity index (χ0v) is 14.9. The summed E-state index contributed by atoms with van der Waals surface area (Å²) in [7, 11) is 0. The molecule has 3 atom stereocenters. The molecule has 1 aliphatic rings. The molecule has 0 radical (unpaired) electrons. The molecule has 26 heavy (non-hydrogen) atoms. The van der Waals surface area contributed by atoms with Gasteiger partial charge in [0.05, 0.1) is 12.1 Å². The zero-order chi connectivity index (χ0) is 18.1. The molecule has 1 unspecified atom stereocenters. The van der Waals surface area contributed by atoms with E-state index < -0.39 is 6.10 Å². The summed E-state index contributed by atoms with van der Waals surface area (Å²) in [5, 5.41) is 18.7. The molecule has 1 saturated carbocycles. The Balaban J connectivity index is 1.48. The molecule has 6 nitrogen and oxygen atoms in total. The lowest BCUT2D eigenvalue weighted by atomic mass is 10.1. The number of nitrogens with one attached hydrogen (secondary N) is 1. The maximum Gasteiger partial charge on any atom is 0.268 e. The van der Waals surface area contributed by atoms with Crippen molar-refractivity contribution in [1.82, 2.24) is 19.7 Å². The topological polar surface area (TPSA) is 72.1 Å². The van der Waals surface area contributed by atoms with E-state index >= 15 is 0 Å². The van der Waals surface area contributed by atoms with Crippen molar-refractivity contribution in [2.75, 3.05) is 0 Å². The van der Waals surface area contributed by atoms with E-state index in [0.717, 1.165) is 30.4 Å². The Morgan fingerprint density at radius 2 is 2.15 bits per heavy atom. The molecule has 1 aromatic carbocycles. The van der Waals surface area contributed by atoms with Crippen molar-refractivity contribution >= 4 is 16.8 Å². The molecule has 1 aliphatic carbocycles. The summed E-state index contributed by atoms with van der Waals surface area (Å²) in [6.07, 6.45) is 4.62. The van der Waals surface area contributed by atoms with Crippen molar-refractivity contribution in [2.45, 2.75) is 45.0 Å². The van der Waals surface area contributed by atoms with Gasteiger partial charge in [0.1, 0.15) is 5.69 Å².